The fourth-order valence-electron chi connectivity index (χ4n) is 2.17. The maximum absolute atomic E-state index is 12.0. The van der Waals surface area contributed by atoms with Gasteiger partial charge in [-0.1, -0.05) is 19.9 Å². The highest BCUT2D eigenvalue weighted by Crippen LogP contribution is 2.31. The fraction of sp³-hybridized carbons (Fsp3) is 0.400. The van der Waals surface area contributed by atoms with Gasteiger partial charge in [0, 0.05) is 0 Å². The van der Waals surface area contributed by atoms with Crippen molar-refractivity contribution in [2.24, 2.45) is 0 Å². The first-order valence-corrected chi connectivity index (χ1v) is 6.61. The average molecular weight is 275 g/mol. The number of fused-ring (bicyclic) bond motifs is 1. The van der Waals surface area contributed by atoms with E-state index in [1.165, 1.54) is 4.90 Å². The summed E-state index contributed by atoms with van der Waals surface area (Å²) in [6, 6.07) is 5.31. The number of ether oxygens (including phenoxy) is 1. The van der Waals surface area contributed by atoms with E-state index < -0.39 is 17.7 Å². The molecule has 1 heterocycles. The van der Waals surface area contributed by atoms with Crippen LogP contribution in [0.4, 0.5) is 5.69 Å². The molecule has 0 aliphatic carbocycles. The Hall–Kier alpha value is -2.17. The zero-order valence-corrected chi connectivity index (χ0v) is 11.8. The minimum atomic E-state index is -0.672. The molecule has 0 radical (unpaired) electrons. The molecule has 1 aromatic rings. The Morgan fingerprint density at radius 2 is 2.00 bits per heavy atom. The van der Waals surface area contributed by atoms with Gasteiger partial charge in [0.05, 0.1) is 17.9 Å². The standard InChI is InChI=1S/C15H17NO4/c1-4-20-13(17)8-16-12-6-5-10(9(2)3)7-11(12)14(18)15(16)19/h5-7,9H,4,8H2,1-3H3. The summed E-state index contributed by atoms with van der Waals surface area (Å²) in [5.74, 6) is -1.49. The number of hydrogen-bond acceptors (Lipinski definition) is 4. The van der Waals surface area contributed by atoms with Crippen molar-refractivity contribution in [3.8, 4) is 0 Å². The van der Waals surface area contributed by atoms with Gasteiger partial charge in [0.15, 0.2) is 0 Å². The fourth-order valence-corrected chi connectivity index (χ4v) is 2.17. The first kappa shape index (κ1) is 14.2. The van der Waals surface area contributed by atoms with E-state index in [9.17, 15) is 14.4 Å². The first-order valence-electron chi connectivity index (χ1n) is 6.61. The lowest BCUT2D eigenvalue weighted by Gasteiger charge is -2.15. The van der Waals surface area contributed by atoms with Crippen molar-refractivity contribution < 1.29 is 19.1 Å². The Morgan fingerprint density at radius 1 is 1.30 bits per heavy atom. The third-order valence-electron chi connectivity index (χ3n) is 3.25. The van der Waals surface area contributed by atoms with Crippen molar-refractivity contribution in [2.75, 3.05) is 18.1 Å². The number of anilines is 1. The summed E-state index contributed by atoms with van der Waals surface area (Å²) in [6.07, 6.45) is 0. The third kappa shape index (κ3) is 2.43. The van der Waals surface area contributed by atoms with Crippen molar-refractivity contribution in [1.82, 2.24) is 0 Å². The molecule has 0 bridgehead atoms. The van der Waals surface area contributed by atoms with Crippen LogP contribution in [-0.4, -0.2) is 30.8 Å². The van der Waals surface area contributed by atoms with E-state index in [1.54, 1.807) is 19.1 Å². The summed E-state index contributed by atoms with van der Waals surface area (Å²) in [4.78, 5) is 36.6. The Bertz CT molecular complexity index is 577. The second kappa shape index (κ2) is 5.45. The van der Waals surface area contributed by atoms with Crippen LogP contribution in [0.5, 0.6) is 0 Å². The van der Waals surface area contributed by atoms with Crippen LogP contribution in [0.2, 0.25) is 0 Å². The molecule has 20 heavy (non-hydrogen) atoms. The van der Waals surface area contributed by atoms with Gasteiger partial charge >= 0.3 is 5.97 Å². The lowest BCUT2D eigenvalue weighted by atomic mass is 9.99. The third-order valence-corrected chi connectivity index (χ3v) is 3.25. The van der Waals surface area contributed by atoms with E-state index >= 15 is 0 Å². The Balaban J connectivity index is 2.33. The monoisotopic (exact) mass is 275 g/mol. The highest BCUT2D eigenvalue weighted by atomic mass is 16.5. The maximum Gasteiger partial charge on any atom is 0.326 e. The topological polar surface area (TPSA) is 63.7 Å². The maximum atomic E-state index is 12.0. The molecule has 0 fully saturated rings. The predicted octanol–water partition coefficient (Wildman–Crippen LogP) is 1.90. The quantitative estimate of drug-likeness (QED) is 0.622. The molecule has 1 amide bonds. The van der Waals surface area contributed by atoms with Crippen molar-refractivity contribution in [3.63, 3.8) is 0 Å². The summed E-state index contributed by atoms with van der Waals surface area (Å²) < 4.78 is 4.82. The zero-order valence-electron chi connectivity index (χ0n) is 11.8. The van der Waals surface area contributed by atoms with Crippen molar-refractivity contribution in [2.45, 2.75) is 26.7 Å². The van der Waals surface area contributed by atoms with E-state index in [1.807, 2.05) is 19.9 Å². The highest BCUT2D eigenvalue weighted by Gasteiger charge is 2.37. The largest absolute Gasteiger partial charge is 0.465 e. The van der Waals surface area contributed by atoms with E-state index in [0.717, 1.165) is 5.56 Å². The van der Waals surface area contributed by atoms with Crippen LogP contribution >= 0.6 is 0 Å². The average Bonchev–Trinajstić information content (AvgIpc) is 2.64. The molecule has 1 aromatic carbocycles. The molecule has 0 aromatic heterocycles. The van der Waals surface area contributed by atoms with Gasteiger partial charge in [0.1, 0.15) is 6.54 Å². The summed E-state index contributed by atoms with van der Waals surface area (Å²) in [5, 5.41) is 0. The molecule has 0 atom stereocenters. The van der Waals surface area contributed by atoms with Gasteiger partial charge in [-0.05, 0) is 30.5 Å². The van der Waals surface area contributed by atoms with Gasteiger partial charge in [-0.2, -0.15) is 0 Å². The number of carbonyl (C=O) groups excluding carboxylic acids is 3. The van der Waals surface area contributed by atoms with E-state index in [-0.39, 0.29) is 19.1 Å². The molecule has 0 N–H and O–H groups in total. The van der Waals surface area contributed by atoms with Gasteiger partial charge in [-0.3, -0.25) is 19.3 Å². The molecule has 1 aliphatic heterocycles. The molecular weight excluding hydrogens is 258 g/mol. The highest BCUT2D eigenvalue weighted by molar-refractivity contribution is 6.52. The second-order valence-corrected chi connectivity index (χ2v) is 4.96. The number of hydrogen-bond donors (Lipinski definition) is 0. The number of ketones is 1. The van der Waals surface area contributed by atoms with Crippen LogP contribution in [-0.2, 0) is 14.3 Å². The van der Waals surface area contributed by atoms with Crippen molar-refractivity contribution >= 4 is 23.3 Å². The number of esters is 1. The number of carbonyl (C=O) groups is 3. The molecule has 0 spiro atoms. The van der Waals surface area contributed by atoms with Crippen molar-refractivity contribution in [1.29, 1.82) is 0 Å². The zero-order chi connectivity index (χ0) is 14.9. The molecule has 5 heteroatoms. The molecule has 0 saturated heterocycles. The van der Waals surface area contributed by atoms with E-state index in [4.69, 9.17) is 4.74 Å². The van der Waals surface area contributed by atoms with Gasteiger partial charge in [0.2, 0.25) is 0 Å². The Kier molecular flexibility index (Phi) is 3.88. The van der Waals surface area contributed by atoms with Crippen LogP contribution < -0.4 is 4.90 Å². The summed E-state index contributed by atoms with van der Waals surface area (Å²) in [5.41, 5.74) is 1.84. The summed E-state index contributed by atoms with van der Waals surface area (Å²) >= 11 is 0. The molecular formula is C15H17NO4. The minimum Gasteiger partial charge on any atom is -0.465 e. The lowest BCUT2D eigenvalue weighted by Crippen LogP contribution is -2.35. The molecule has 106 valence electrons. The molecule has 0 unspecified atom stereocenters. The number of nitrogens with zero attached hydrogens (tertiary/aromatic N) is 1. The van der Waals surface area contributed by atoms with E-state index in [2.05, 4.69) is 0 Å². The van der Waals surface area contributed by atoms with Gasteiger partial charge in [-0.15, -0.1) is 0 Å². The minimum absolute atomic E-state index is 0.230. The predicted molar refractivity (Wildman–Crippen MR) is 73.8 cm³/mol. The Labute approximate surface area is 117 Å². The second-order valence-electron chi connectivity index (χ2n) is 4.96. The van der Waals surface area contributed by atoms with Gasteiger partial charge < -0.3 is 4.74 Å². The number of benzene rings is 1. The van der Waals surface area contributed by atoms with Crippen LogP contribution in [0.1, 0.15) is 42.6 Å². The van der Waals surface area contributed by atoms with Crippen LogP contribution in [0.25, 0.3) is 0 Å². The molecule has 1 aliphatic rings. The normalized spacial score (nSPS) is 13.9. The summed E-state index contributed by atoms with van der Waals surface area (Å²) in [6.45, 7) is 5.73. The Morgan fingerprint density at radius 3 is 2.60 bits per heavy atom. The smallest absolute Gasteiger partial charge is 0.326 e. The summed E-state index contributed by atoms with van der Waals surface area (Å²) in [7, 11) is 0. The van der Waals surface area contributed by atoms with Gasteiger partial charge in [-0.25, -0.2) is 0 Å². The van der Waals surface area contributed by atoms with Crippen molar-refractivity contribution in [3.05, 3.63) is 29.3 Å². The number of rotatable bonds is 4. The number of Topliss-reactive ketones (excluding diaryl/α,β-unsaturated/α-hetero) is 1. The van der Waals surface area contributed by atoms with Crippen LogP contribution in [0.3, 0.4) is 0 Å². The van der Waals surface area contributed by atoms with Crippen LogP contribution in [0, 0.1) is 0 Å². The molecule has 0 saturated carbocycles. The first-order chi connectivity index (χ1) is 9.45. The molecule has 5 nitrogen and oxygen atoms in total. The van der Waals surface area contributed by atoms with Gasteiger partial charge in [0.25, 0.3) is 11.7 Å². The SMILES string of the molecule is CCOC(=O)CN1C(=O)C(=O)c2cc(C(C)C)ccc21. The number of amides is 1. The van der Waals surface area contributed by atoms with Crippen LogP contribution in [0.15, 0.2) is 18.2 Å². The lowest BCUT2D eigenvalue weighted by molar-refractivity contribution is -0.142. The van der Waals surface area contributed by atoms with E-state index in [0.29, 0.717) is 11.3 Å². The molecule has 2 rings (SSSR count).